The van der Waals surface area contributed by atoms with E-state index < -0.39 is 18.5 Å². The van der Waals surface area contributed by atoms with Crippen LogP contribution in [0.1, 0.15) is 31.5 Å². The maximum absolute atomic E-state index is 12.9. The van der Waals surface area contributed by atoms with Crippen molar-refractivity contribution in [2.24, 2.45) is 0 Å². The largest absolute Gasteiger partial charge is 0.406 e. The molecule has 3 heterocycles. The molecule has 1 aliphatic carbocycles. The third kappa shape index (κ3) is 3.70. The summed E-state index contributed by atoms with van der Waals surface area (Å²) in [6, 6.07) is 3.36. The Morgan fingerprint density at radius 1 is 1.30 bits per heavy atom. The Balaban J connectivity index is 1.53. The van der Waals surface area contributed by atoms with Crippen LogP contribution in [0.2, 0.25) is 0 Å². The summed E-state index contributed by atoms with van der Waals surface area (Å²) in [7, 11) is 0. The molecule has 1 aliphatic heterocycles. The molecule has 0 amide bonds. The van der Waals surface area contributed by atoms with Gasteiger partial charge in [0.1, 0.15) is 23.9 Å². The van der Waals surface area contributed by atoms with Crippen molar-refractivity contribution < 1.29 is 22.6 Å². The van der Waals surface area contributed by atoms with E-state index in [0.717, 1.165) is 30.3 Å². The third-order valence-corrected chi connectivity index (χ3v) is 4.98. The van der Waals surface area contributed by atoms with Gasteiger partial charge < -0.3 is 19.4 Å². The molecule has 27 heavy (non-hydrogen) atoms. The van der Waals surface area contributed by atoms with Gasteiger partial charge in [0.05, 0.1) is 24.9 Å². The van der Waals surface area contributed by atoms with Crippen LogP contribution >= 0.6 is 0 Å². The number of pyridine rings is 1. The second kappa shape index (κ2) is 6.65. The zero-order chi connectivity index (χ0) is 19.1. The fraction of sp³-hybridized carbons (Fsp3) is 0.588. The predicted molar refractivity (Wildman–Crippen MR) is 88.8 cm³/mol. The van der Waals surface area contributed by atoms with Crippen molar-refractivity contribution >= 4 is 16.9 Å². The van der Waals surface area contributed by atoms with Crippen molar-refractivity contribution in [3.63, 3.8) is 0 Å². The lowest BCUT2D eigenvalue weighted by Gasteiger charge is -2.35. The molecule has 0 aromatic carbocycles. The van der Waals surface area contributed by atoms with E-state index in [0.29, 0.717) is 19.0 Å². The number of nitrogens with one attached hydrogen (secondary N) is 1. The number of alkyl halides is 3. The Hall–Kier alpha value is -2.38. The van der Waals surface area contributed by atoms with Crippen molar-refractivity contribution in [1.29, 1.82) is 5.26 Å². The quantitative estimate of drug-likeness (QED) is 0.880. The normalized spacial score (nSPS) is 20.2. The van der Waals surface area contributed by atoms with Gasteiger partial charge in [0.15, 0.2) is 5.79 Å². The molecule has 1 saturated heterocycles. The Bertz CT molecular complexity index is 873. The Labute approximate surface area is 153 Å². The Morgan fingerprint density at radius 3 is 2.63 bits per heavy atom. The SMILES string of the molecule is N#Cc1nc2cnc(NC3CCC4(CC3)OCCO4)cc2n1CC(F)(F)F. The van der Waals surface area contributed by atoms with E-state index >= 15 is 0 Å². The van der Waals surface area contributed by atoms with Gasteiger partial charge in [-0.25, -0.2) is 9.97 Å². The summed E-state index contributed by atoms with van der Waals surface area (Å²) in [4.78, 5) is 8.17. The van der Waals surface area contributed by atoms with E-state index in [-0.39, 0.29) is 22.9 Å². The standard InChI is InChI=1S/C17H18F3N5O2/c18-17(19,20)10-25-13-7-14(22-9-12(13)24-15(25)8-21)23-11-1-3-16(4-2-11)26-5-6-27-16/h7,9,11H,1-6,10H2,(H,22,23). The van der Waals surface area contributed by atoms with E-state index in [1.165, 1.54) is 12.3 Å². The van der Waals surface area contributed by atoms with Crippen LogP contribution in [-0.2, 0) is 16.0 Å². The number of aromatic nitrogens is 3. The highest BCUT2D eigenvalue weighted by Crippen LogP contribution is 2.36. The summed E-state index contributed by atoms with van der Waals surface area (Å²) in [5, 5.41) is 12.4. The number of ether oxygens (including phenoxy) is 2. The van der Waals surface area contributed by atoms with Crippen LogP contribution in [0.3, 0.4) is 0 Å². The zero-order valence-electron chi connectivity index (χ0n) is 14.4. The number of nitriles is 1. The van der Waals surface area contributed by atoms with Gasteiger partial charge in [-0.2, -0.15) is 18.4 Å². The van der Waals surface area contributed by atoms with Crippen LogP contribution in [0.15, 0.2) is 12.3 Å². The minimum atomic E-state index is -4.45. The molecule has 0 bridgehead atoms. The first-order valence-corrected chi connectivity index (χ1v) is 8.75. The topological polar surface area (TPSA) is 85.0 Å². The molecule has 2 aromatic heterocycles. The summed E-state index contributed by atoms with van der Waals surface area (Å²) in [5.74, 6) is -0.288. The summed E-state index contributed by atoms with van der Waals surface area (Å²) >= 11 is 0. The number of imidazole rings is 1. The third-order valence-electron chi connectivity index (χ3n) is 4.98. The smallest absolute Gasteiger partial charge is 0.367 e. The molecule has 0 unspecified atom stereocenters. The number of hydrogen-bond donors (Lipinski definition) is 1. The summed E-state index contributed by atoms with van der Waals surface area (Å²) in [6.07, 6.45) is 0.0822. The maximum Gasteiger partial charge on any atom is 0.406 e. The molecule has 7 nitrogen and oxygen atoms in total. The molecule has 2 aromatic rings. The monoisotopic (exact) mass is 381 g/mol. The van der Waals surface area contributed by atoms with Gasteiger partial charge in [-0.05, 0) is 12.8 Å². The van der Waals surface area contributed by atoms with Gasteiger partial charge in [-0.1, -0.05) is 0 Å². The molecule has 0 atom stereocenters. The average molecular weight is 381 g/mol. The molecule has 1 N–H and O–H groups in total. The lowest BCUT2D eigenvalue weighted by Crippen LogP contribution is -2.39. The second-order valence-corrected chi connectivity index (χ2v) is 6.83. The minimum absolute atomic E-state index is 0.128. The Kier molecular flexibility index (Phi) is 4.44. The lowest BCUT2D eigenvalue weighted by molar-refractivity contribution is -0.177. The van der Waals surface area contributed by atoms with Crippen molar-refractivity contribution in [2.45, 2.75) is 50.2 Å². The van der Waals surface area contributed by atoms with Crippen molar-refractivity contribution in [1.82, 2.24) is 14.5 Å². The first-order chi connectivity index (χ1) is 12.9. The van der Waals surface area contributed by atoms with Crippen LogP contribution < -0.4 is 5.32 Å². The molecule has 2 aliphatic rings. The highest BCUT2D eigenvalue weighted by molar-refractivity contribution is 5.78. The summed E-state index contributed by atoms with van der Waals surface area (Å²) < 4.78 is 50.9. The van der Waals surface area contributed by atoms with Crippen molar-refractivity contribution in [3.05, 3.63) is 18.1 Å². The minimum Gasteiger partial charge on any atom is -0.367 e. The van der Waals surface area contributed by atoms with E-state index in [1.807, 2.05) is 0 Å². The first kappa shape index (κ1) is 18.0. The molecular formula is C17H18F3N5O2. The lowest BCUT2D eigenvalue weighted by atomic mass is 9.90. The summed E-state index contributed by atoms with van der Waals surface area (Å²) in [6.45, 7) is -0.0437. The number of hydrogen-bond acceptors (Lipinski definition) is 6. The predicted octanol–water partition coefficient (Wildman–Crippen LogP) is 2.96. The van der Waals surface area contributed by atoms with E-state index in [4.69, 9.17) is 14.7 Å². The molecule has 4 rings (SSSR count). The number of halogens is 3. The number of fused-ring (bicyclic) bond motifs is 1. The molecule has 1 spiro atoms. The average Bonchev–Trinajstić information content (AvgIpc) is 3.21. The maximum atomic E-state index is 12.9. The van der Waals surface area contributed by atoms with Crippen LogP contribution in [0.4, 0.5) is 19.0 Å². The van der Waals surface area contributed by atoms with Crippen LogP contribution in [0.25, 0.3) is 11.0 Å². The van der Waals surface area contributed by atoms with Gasteiger partial charge in [0.25, 0.3) is 0 Å². The number of anilines is 1. The number of rotatable bonds is 3. The van der Waals surface area contributed by atoms with Gasteiger partial charge in [0, 0.05) is 24.9 Å². The zero-order valence-corrected chi connectivity index (χ0v) is 14.4. The fourth-order valence-corrected chi connectivity index (χ4v) is 3.73. The molecule has 144 valence electrons. The number of nitrogens with zero attached hydrogens (tertiary/aromatic N) is 4. The molecule has 2 fully saturated rings. The second-order valence-electron chi connectivity index (χ2n) is 6.83. The van der Waals surface area contributed by atoms with E-state index in [1.54, 1.807) is 6.07 Å². The van der Waals surface area contributed by atoms with Crippen LogP contribution in [0, 0.1) is 11.3 Å². The van der Waals surface area contributed by atoms with Gasteiger partial charge >= 0.3 is 6.18 Å². The van der Waals surface area contributed by atoms with Crippen LogP contribution in [0.5, 0.6) is 0 Å². The van der Waals surface area contributed by atoms with Gasteiger partial charge in [-0.3, -0.25) is 0 Å². The van der Waals surface area contributed by atoms with E-state index in [9.17, 15) is 13.2 Å². The fourth-order valence-electron chi connectivity index (χ4n) is 3.73. The summed E-state index contributed by atoms with van der Waals surface area (Å²) in [5.41, 5.74) is 0.493. The molecule has 0 radical (unpaired) electrons. The first-order valence-electron chi connectivity index (χ1n) is 8.75. The Morgan fingerprint density at radius 2 is 2.00 bits per heavy atom. The highest BCUT2D eigenvalue weighted by Gasteiger charge is 2.40. The molecule has 10 heteroatoms. The van der Waals surface area contributed by atoms with Crippen LogP contribution in [-0.4, -0.2) is 45.8 Å². The van der Waals surface area contributed by atoms with E-state index in [2.05, 4.69) is 15.3 Å². The highest BCUT2D eigenvalue weighted by atomic mass is 19.4. The molecular weight excluding hydrogens is 363 g/mol. The van der Waals surface area contributed by atoms with Gasteiger partial charge in [-0.15, -0.1) is 0 Å². The molecule has 1 saturated carbocycles. The van der Waals surface area contributed by atoms with Gasteiger partial charge in [0.2, 0.25) is 5.82 Å². The van der Waals surface area contributed by atoms with Crippen molar-refractivity contribution in [3.8, 4) is 6.07 Å². The van der Waals surface area contributed by atoms with Crippen molar-refractivity contribution in [2.75, 3.05) is 18.5 Å².